The van der Waals surface area contributed by atoms with E-state index in [0.717, 1.165) is 38.1 Å². The summed E-state index contributed by atoms with van der Waals surface area (Å²) in [6.45, 7) is 5.42. The number of nitrogens with zero attached hydrogens (tertiary/aromatic N) is 3. The van der Waals surface area contributed by atoms with Crippen molar-refractivity contribution in [2.24, 2.45) is 0 Å². The van der Waals surface area contributed by atoms with Gasteiger partial charge in [0.15, 0.2) is 0 Å². The predicted molar refractivity (Wildman–Crippen MR) is 102 cm³/mol. The summed E-state index contributed by atoms with van der Waals surface area (Å²) >= 11 is 7.98. The van der Waals surface area contributed by atoms with E-state index in [9.17, 15) is 4.79 Å². The highest BCUT2D eigenvalue weighted by Gasteiger charge is 2.19. The molecule has 0 atom stereocenters. The van der Waals surface area contributed by atoms with Crippen LogP contribution in [0.1, 0.15) is 28.2 Å². The molecule has 5 nitrogen and oxygen atoms in total. The van der Waals surface area contributed by atoms with Crippen LogP contribution >= 0.6 is 51.0 Å². The van der Waals surface area contributed by atoms with Crippen molar-refractivity contribution in [1.29, 1.82) is 0 Å². The number of halogens is 1. The van der Waals surface area contributed by atoms with Crippen molar-refractivity contribution in [1.82, 2.24) is 19.5 Å². The van der Waals surface area contributed by atoms with Gasteiger partial charge in [0, 0.05) is 18.8 Å². The van der Waals surface area contributed by atoms with Crippen LogP contribution in [0.5, 0.6) is 0 Å². The number of aryl methyl sites for hydroxylation is 2. The van der Waals surface area contributed by atoms with Crippen molar-refractivity contribution in [3.63, 3.8) is 0 Å². The second-order valence-electron chi connectivity index (χ2n) is 4.88. The molecule has 0 aliphatic carbocycles. The number of hydrogen-bond acceptors (Lipinski definition) is 6. The molecule has 1 amide bonds. The fourth-order valence-electron chi connectivity index (χ4n) is 2.14. The van der Waals surface area contributed by atoms with Gasteiger partial charge in [0.05, 0.1) is 19.9 Å². The zero-order valence-electron chi connectivity index (χ0n) is 13.5. The van der Waals surface area contributed by atoms with Crippen molar-refractivity contribution < 1.29 is 4.79 Å². The lowest BCUT2D eigenvalue weighted by Crippen LogP contribution is -2.26. The van der Waals surface area contributed by atoms with Crippen LogP contribution in [0.15, 0.2) is 13.7 Å². The molecule has 2 aromatic rings. The minimum atomic E-state index is -0.0398. The van der Waals surface area contributed by atoms with Gasteiger partial charge in [-0.25, -0.2) is 0 Å². The standard InChI is InChI=1S/C14H19BrN4OS3/c1-8-11(15)9(2)19(17-8)7-5-6-16-12(20)10-13(21-3)18-23-14(10)22-4/h5-7H2,1-4H3,(H,16,20). The van der Waals surface area contributed by atoms with Gasteiger partial charge >= 0.3 is 0 Å². The largest absolute Gasteiger partial charge is 0.352 e. The third-order valence-electron chi connectivity index (χ3n) is 3.36. The molecule has 0 fully saturated rings. The summed E-state index contributed by atoms with van der Waals surface area (Å²) in [7, 11) is 0. The molecule has 126 valence electrons. The lowest BCUT2D eigenvalue weighted by Gasteiger charge is -2.07. The third-order valence-corrected chi connectivity index (χ3v) is 7.25. The van der Waals surface area contributed by atoms with E-state index in [4.69, 9.17) is 0 Å². The second-order valence-corrected chi connectivity index (χ2v) is 8.31. The maximum Gasteiger partial charge on any atom is 0.256 e. The Morgan fingerprint density at radius 1 is 1.35 bits per heavy atom. The first-order valence-electron chi connectivity index (χ1n) is 7.05. The quantitative estimate of drug-likeness (QED) is 0.527. The molecule has 2 rings (SSSR count). The molecule has 0 saturated heterocycles. The van der Waals surface area contributed by atoms with Crippen LogP contribution in [0, 0.1) is 13.8 Å². The molecule has 0 saturated carbocycles. The van der Waals surface area contributed by atoms with Gasteiger partial charge in [-0.3, -0.25) is 9.48 Å². The van der Waals surface area contributed by atoms with Crippen LogP contribution in [0.3, 0.4) is 0 Å². The summed E-state index contributed by atoms with van der Waals surface area (Å²) in [6.07, 6.45) is 4.74. The van der Waals surface area contributed by atoms with Crippen LogP contribution in [-0.4, -0.2) is 39.1 Å². The summed E-state index contributed by atoms with van der Waals surface area (Å²) in [6, 6.07) is 0. The lowest BCUT2D eigenvalue weighted by atomic mass is 10.3. The normalized spacial score (nSPS) is 11.0. The number of nitrogens with one attached hydrogen (secondary N) is 1. The molecule has 2 heterocycles. The molecular weight excluding hydrogens is 416 g/mol. The number of rotatable bonds is 7. The zero-order chi connectivity index (χ0) is 17.0. The predicted octanol–water partition coefficient (Wildman–Crippen LogP) is 3.98. The first-order valence-corrected chi connectivity index (χ1v) is 11.1. The Balaban J connectivity index is 1.90. The van der Waals surface area contributed by atoms with E-state index in [1.165, 1.54) is 23.3 Å². The molecule has 0 aliphatic rings. The summed E-state index contributed by atoms with van der Waals surface area (Å²) in [5.41, 5.74) is 2.82. The van der Waals surface area contributed by atoms with Crippen molar-refractivity contribution in [3.8, 4) is 0 Å². The number of aromatic nitrogens is 3. The minimum Gasteiger partial charge on any atom is -0.352 e. The summed E-state index contributed by atoms with van der Waals surface area (Å²) in [5.74, 6) is -0.0398. The number of hydrogen-bond donors (Lipinski definition) is 1. The molecule has 0 spiro atoms. The Hall–Kier alpha value is -0.510. The van der Waals surface area contributed by atoms with E-state index in [-0.39, 0.29) is 5.91 Å². The Morgan fingerprint density at radius 3 is 2.65 bits per heavy atom. The maximum atomic E-state index is 12.4. The summed E-state index contributed by atoms with van der Waals surface area (Å²) < 4.78 is 8.32. The van der Waals surface area contributed by atoms with Crippen molar-refractivity contribution in [3.05, 3.63) is 21.4 Å². The van der Waals surface area contributed by atoms with Crippen molar-refractivity contribution in [2.45, 2.75) is 36.0 Å². The molecular formula is C14H19BrN4OS3. The van der Waals surface area contributed by atoms with Crippen LogP contribution in [-0.2, 0) is 6.54 Å². The number of carbonyl (C=O) groups excluding carboxylic acids is 1. The molecule has 9 heteroatoms. The van der Waals surface area contributed by atoms with Gasteiger partial charge in [-0.2, -0.15) is 9.47 Å². The van der Waals surface area contributed by atoms with Crippen LogP contribution in [0.2, 0.25) is 0 Å². The topological polar surface area (TPSA) is 59.8 Å². The first kappa shape index (κ1) is 18.8. The Kier molecular flexibility index (Phi) is 7.00. The van der Waals surface area contributed by atoms with Gasteiger partial charge in [0.2, 0.25) is 0 Å². The summed E-state index contributed by atoms with van der Waals surface area (Å²) in [5, 5.41) is 8.27. The fourth-order valence-corrected chi connectivity index (χ4v) is 4.71. The number of carbonyl (C=O) groups is 1. The highest BCUT2D eigenvalue weighted by Crippen LogP contribution is 2.32. The summed E-state index contributed by atoms with van der Waals surface area (Å²) in [4.78, 5) is 12.4. The average molecular weight is 435 g/mol. The van der Waals surface area contributed by atoms with Gasteiger partial charge in [0.25, 0.3) is 5.91 Å². The van der Waals surface area contributed by atoms with E-state index in [2.05, 4.69) is 30.7 Å². The molecule has 1 N–H and O–H groups in total. The third kappa shape index (κ3) is 4.32. The number of amides is 1. The Bertz CT molecular complexity index is 677. The zero-order valence-corrected chi connectivity index (χ0v) is 17.5. The molecule has 0 bridgehead atoms. The van der Waals surface area contributed by atoms with E-state index in [1.807, 2.05) is 31.0 Å². The second kappa shape index (κ2) is 8.55. The average Bonchev–Trinajstić information content (AvgIpc) is 3.08. The Morgan fingerprint density at radius 2 is 2.09 bits per heavy atom. The van der Waals surface area contributed by atoms with Crippen molar-refractivity contribution in [2.75, 3.05) is 19.1 Å². The smallest absolute Gasteiger partial charge is 0.256 e. The monoisotopic (exact) mass is 434 g/mol. The van der Waals surface area contributed by atoms with E-state index >= 15 is 0 Å². The molecule has 2 aromatic heterocycles. The molecule has 0 unspecified atom stereocenters. The van der Waals surface area contributed by atoms with Gasteiger partial charge in [-0.1, -0.05) is 0 Å². The lowest BCUT2D eigenvalue weighted by molar-refractivity contribution is 0.0947. The first-order chi connectivity index (χ1) is 11.0. The van der Waals surface area contributed by atoms with E-state index in [1.54, 1.807) is 11.8 Å². The van der Waals surface area contributed by atoms with Gasteiger partial charge in [0.1, 0.15) is 5.03 Å². The SMILES string of the molecule is CSc1nsc(SC)c1C(=O)NCCCn1nc(C)c(Br)c1C. The van der Waals surface area contributed by atoms with Gasteiger partial charge in [-0.05, 0) is 60.2 Å². The maximum absolute atomic E-state index is 12.4. The van der Waals surface area contributed by atoms with Gasteiger partial charge in [-0.15, -0.1) is 23.5 Å². The van der Waals surface area contributed by atoms with E-state index < -0.39 is 0 Å². The van der Waals surface area contributed by atoms with E-state index in [0.29, 0.717) is 12.1 Å². The molecule has 23 heavy (non-hydrogen) atoms. The Labute approximate surface area is 157 Å². The van der Waals surface area contributed by atoms with Crippen LogP contribution in [0.4, 0.5) is 0 Å². The van der Waals surface area contributed by atoms with Crippen LogP contribution < -0.4 is 5.32 Å². The van der Waals surface area contributed by atoms with Crippen molar-refractivity contribution >= 4 is 56.9 Å². The molecule has 0 aliphatic heterocycles. The molecule has 0 radical (unpaired) electrons. The number of thioether (sulfide) groups is 2. The minimum absolute atomic E-state index is 0.0398. The highest BCUT2D eigenvalue weighted by molar-refractivity contribution is 9.10. The van der Waals surface area contributed by atoms with Gasteiger partial charge < -0.3 is 5.32 Å². The van der Waals surface area contributed by atoms with Crippen LogP contribution in [0.25, 0.3) is 0 Å². The fraction of sp³-hybridized carbons (Fsp3) is 0.500. The molecule has 0 aromatic carbocycles. The highest BCUT2D eigenvalue weighted by atomic mass is 79.9.